The molecular weight excluding hydrogens is 169 g/mol. The third kappa shape index (κ3) is 12.7. The molecule has 0 amide bonds. The minimum Gasteiger partial charge on any atom is -0.395 e. The number of hydrogen-bond acceptors (Lipinski definition) is 5. The number of hydroxylamine groups is 1. The van der Waals surface area contributed by atoms with Crippen LogP contribution in [0.3, 0.4) is 0 Å². The fourth-order valence-electron chi connectivity index (χ4n) is 0.136. The molecule has 1 N–H and O–H groups in total. The Hall–Kier alpha value is 1.51. The molecule has 0 unspecified atom stereocenters. The summed E-state index contributed by atoms with van der Waals surface area (Å²) in [4.78, 5) is 0. The van der Waals surface area contributed by atoms with Crippen molar-refractivity contribution >= 4 is 11.0 Å². The van der Waals surface area contributed by atoms with E-state index in [4.69, 9.17) is 0 Å². The van der Waals surface area contributed by atoms with Gasteiger partial charge in [-0.1, -0.05) is 0 Å². The Bertz CT molecular complexity index is 116. The van der Waals surface area contributed by atoms with Gasteiger partial charge in [0, 0.05) is 6.04 Å². The van der Waals surface area contributed by atoms with E-state index < -0.39 is 11.0 Å². The molecule has 0 aromatic heterocycles. The van der Waals surface area contributed by atoms with Crippen LogP contribution in [-0.2, 0) is 23.7 Å². The first-order valence-corrected chi connectivity index (χ1v) is 3.15. The second kappa shape index (κ2) is 7.61. The molecule has 0 rings (SSSR count). The van der Waals surface area contributed by atoms with Crippen molar-refractivity contribution < 1.29 is 64.1 Å². The van der Waals surface area contributed by atoms with Crippen LogP contribution in [0.25, 0.3) is 0 Å². The van der Waals surface area contributed by atoms with Gasteiger partial charge >= 0.3 is 51.4 Å². The molecule has 0 aromatic carbocycles. The van der Waals surface area contributed by atoms with Crippen LogP contribution in [0.5, 0.6) is 0 Å². The van der Waals surface area contributed by atoms with Crippen molar-refractivity contribution in [1.29, 1.82) is 0 Å². The third-order valence-electron chi connectivity index (χ3n) is 0.352. The molecule has 6 heteroatoms. The molecule has 0 fully saturated rings. The minimum atomic E-state index is -2.45. The monoisotopic (exact) mass is 177 g/mol. The first kappa shape index (κ1) is 13.1. The summed E-state index contributed by atoms with van der Waals surface area (Å²) in [6.45, 7) is 3.54. The average molecular weight is 177 g/mol. The second-order valence-corrected chi connectivity index (χ2v) is 2.13. The van der Waals surface area contributed by atoms with Crippen molar-refractivity contribution in [3.05, 3.63) is 0 Å². The first-order chi connectivity index (χ1) is 3.63. The van der Waals surface area contributed by atoms with Gasteiger partial charge in [0.1, 0.15) is 0 Å². The normalized spacial score (nSPS) is 9.78. The van der Waals surface area contributed by atoms with Crippen LogP contribution in [0.1, 0.15) is 13.8 Å². The van der Waals surface area contributed by atoms with Crippen LogP contribution in [0.2, 0.25) is 0 Å². The molecule has 0 aliphatic rings. The summed E-state index contributed by atoms with van der Waals surface area (Å²) in [6, 6.07) is 0.0212. The molecule has 9 heavy (non-hydrogen) atoms. The van der Waals surface area contributed by atoms with Gasteiger partial charge in [-0.25, -0.2) is 5.48 Å². The summed E-state index contributed by atoms with van der Waals surface area (Å²) < 4.78 is 23.2. The van der Waals surface area contributed by atoms with Gasteiger partial charge in [0.25, 0.3) is 0 Å². The molecule has 0 aliphatic heterocycles. The molecule has 0 bridgehead atoms. The SMILES string of the molecule is CC(C)NO[S-](=O)=O.[K+]. The summed E-state index contributed by atoms with van der Waals surface area (Å²) in [6.07, 6.45) is 0. The molecule has 0 aliphatic carbocycles. The zero-order valence-electron chi connectivity index (χ0n) is 5.71. The molecule has 0 aromatic rings. The van der Waals surface area contributed by atoms with E-state index in [0.717, 1.165) is 0 Å². The van der Waals surface area contributed by atoms with E-state index in [2.05, 4.69) is 9.76 Å². The molecule has 0 atom stereocenters. The minimum absolute atomic E-state index is 0. The smallest absolute Gasteiger partial charge is 0.395 e. The fraction of sp³-hybridized carbons (Fsp3) is 1.00. The Morgan fingerprint density at radius 3 is 2.00 bits per heavy atom. The van der Waals surface area contributed by atoms with Crippen molar-refractivity contribution in [1.82, 2.24) is 5.48 Å². The van der Waals surface area contributed by atoms with Crippen LogP contribution in [0.4, 0.5) is 0 Å². The molecule has 0 heterocycles. The van der Waals surface area contributed by atoms with Crippen molar-refractivity contribution in [2.75, 3.05) is 0 Å². The van der Waals surface area contributed by atoms with Crippen LogP contribution in [-0.4, -0.2) is 6.04 Å². The van der Waals surface area contributed by atoms with Crippen molar-refractivity contribution in [2.45, 2.75) is 19.9 Å². The van der Waals surface area contributed by atoms with Gasteiger partial charge in [0.15, 0.2) is 0 Å². The summed E-state index contributed by atoms with van der Waals surface area (Å²) in [5, 5.41) is 0. The van der Waals surface area contributed by atoms with Crippen molar-refractivity contribution in [2.24, 2.45) is 0 Å². The molecule has 0 spiro atoms. The van der Waals surface area contributed by atoms with E-state index in [-0.39, 0.29) is 57.4 Å². The van der Waals surface area contributed by atoms with Crippen LogP contribution in [0.15, 0.2) is 0 Å². The Morgan fingerprint density at radius 1 is 1.44 bits per heavy atom. The van der Waals surface area contributed by atoms with E-state index >= 15 is 0 Å². The predicted molar refractivity (Wildman–Crippen MR) is 28.1 cm³/mol. The average Bonchev–Trinajstić information content (AvgIpc) is 1.61. The van der Waals surface area contributed by atoms with Gasteiger partial charge in [-0.05, 0) is 13.8 Å². The standard InChI is InChI=1S/C3H8NO3S.K/c1-3(2)4-7-8(5)6;/h3-4H,1-2H3;/q-1;+1. The second-order valence-electron chi connectivity index (χ2n) is 1.56. The Morgan fingerprint density at radius 2 is 1.89 bits per heavy atom. The molecule has 0 saturated carbocycles. The number of nitrogens with one attached hydrogen (secondary N) is 1. The summed E-state index contributed by atoms with van der Waals surface area (Å²) in [5.41, 5.74) is 2.23. The maximum absolute atomic E-state index is 9.62. The summed E-state index contributed by atoms with van der Waals surface area (Å²) >= 11 is 0. The van der Waals surface area contributed by atoms with Gasteiger partial charge in [-0.3, -0.25) is 0 Å². The molecular formula is C3H8KNO3S. The van der Waals surface area contributed by atoms with E-state index in [1.807, 2.05) is 0 Å². The van der Waals surface area contributed by atoms with E-state index in [1.54, 1.807) is 13.8 Å². The van der Waals surface area contributed by atoms with Gasteiger partial charge in [-0.2, -0.15) is 0 Å². The largest absolute Gasteiger partial charge is 1.00 e. The molecule has 50 valence electrons. The fourth-order valence-corrected chi connectivity index (χ4v) is 0.407. The van der Waals surface area contributed by atoms with Crippen LogP contribution < -0.4 is 56.9 Å². The molecule has 4 nitrogen and oxygen atoms in total. The van der Waals surface area contributed by atoms with Crippen molar-refractivity contribution in [3.63, 3.8) is 0 Å². The Balaban J connectivity index is 0. The summed E-state index contributed by atoms with van der Waals surface area (Å²) in [5.74, 6) is 0. The van der Waals surface area contributed by atoms with E-state index in [0.29, 0.717) is 0 Å². The summed E-state index contributed by atoms with van der Waals surface area (Å²) in [7, 11) is -2.45. The quantitative estimate of drug-likeness (QED) is 0.286. The van der Waals surface area contributed by atoms with Gasteiger partial charge in [0.2, 0.25) is 0 Å². The van der Waals surface area contributed by atoms with Gasteiger partial charge in [0.05, 0.1) is 11.0 Å². The predicted octanol–water partition coefficient (Wildman–Crippen LogP) is -2.86. The molecule has 0 saturated heterocycles. The van der Waals surface area contributed by atoms with Crippen LogP contribution in [0, 0.1) is 0 Å². The number of rotatable bonds is 3. The van der Waals surface area contributed by atoms with E-state index in [9.17, 15) is 8.42 Å². The topological polar surface area (TPSA) is 55.4 Å². The Labute approximate surface area is 98.9 Å². The molecule has 0 radical (unpaired) electrons. The number of hydrogen-bond donors (Lipinski definition) is 1. The Kier molecular flexibility index (Phi) is 11.1. The van der Waals surface area contributed by atoms with E-state index in [1.165, 1.54) is 0 Å². The van der Waals surface area contributed by atoms with Gasteiger partial charge < -0.3 is 12.7 Å². The zero-order valence-corrected chi connectivity index (χ0v) is 9.65. The van der Waals surface area contributed by atoms with Gasteiger partial charge in [-0.15, -0.1) is 0 Å². The first-order valence-electron chi connectivity index (χ1n) is 2.15. The zero-order chi connectivity index (χ0) is 6.57. The van der Waals surface area contributed by atoms with Crippen molar-refractivity contribution in [3.8, 4) is 0 Å². The maximum Gasteiger partial charge on any atom is 1.00 e. The maximum atomic E-state index is 9.62. The third-order valence-corrected chi connectivity index (χ3v) is 0.584. The van der Waals surface area contributed by atoms with Crippen LogP contribution >= 0.6 is 0 Å².